The van der Waals surface area contributed by atoms with Crippen molar-refractivity contribution in [3.05, 3.63) is 54.4 Å². The predicted octanol–water partition coefficient (Wildman–Crippen LogP) is 1.70. The third-order valence-electron chi connectivity index (χ3n) is 3.81. The van der Waals surface area contributed by atoms with E-state index in [-0.39, 0.29) is 5.97 Å². The molecule has 0 N–H and O–H groups in total. The van der Waals surface area contributed by atoms with Crippen LogP contribution in [0.1, 0.15) is 12.5 Å². The van der Waals surface area contributed by atoms with E-state index in [0.717, 1.165) is 6.54 Å². The van der Waals surface area contributed by atoms with Crippen LogP contribution in [0.25, 0.3) is 0 Å². The molecule has 0 radical (unpaired) electrons. The first-order valence-electron chi connectivity index (χ1n) is 7.18. The SMILES string of the molecule is CCOC(=O)C1(Cn2cccn2)CN1Cc1ccccc1. The van der Waals surface area contributed by atoms with Crippen LogP contribution >= 0.6 is 0 Å². The normalized spacial score (nSPS) is 23.8. The van der Waals surface area contributed by atoms with E-state index in [9.17, 15) is 4.79 Å². The molecular weight excluding hydrogens is 266 g/mol. The molecule has 2 aromatic rings. The lowest BCUT2D eigenvalue weighted by Crippen LogP contribution is -2.36. The van der Waals surface area contributed by atoms with Crippen molar-refractivity contribution in [3.63, 3.8) is 0 Å². The van der Waals surface area contributed by atoms with E-state index in [0.29, 0.717) is 19.7 Å². The third kappa shape index (κ3) is 2.83. The summed E-state index contributed by atoms with van der Waals surface area (Å²) in [4.78, 5) is 14.5. The molecule has 1 saturated heterocycles. The molecule has 2 atom stereocenters. The minimum absolute atomic E-state index is 0.156. The number of esters is 1. The molecule has 5 heteroatoms. The van der Waals surface area contributed by atoms with Gasteiger partial charge in [-0.3, -0.25) is 9.58 Å². The molecular formula is C16H19N3O2. The molecule has 110 valence electrons. The van der Waals surface area contributed by atoms with E-state index in [1.165, 1.54) is 5.56 Å². The topological polar surface area (TPSA) is 47.1 Å². The lowest BCUT2D eigenvalue weighted by Gasteiger charge is -2.16. The second kappa shape index (κ2) is 5.69. The molecule has 0 aliphatic carbocycles. The van der Waals surface area contributed by atoms with Crippen LogP contribution in [0.5, 0.6) is 0 Å². The van der Waals surface area contributed by atoms with Crippen molar-refractivity contribution < 1.29 is 9.53 Å². The fourth-order valence-electron chi connectivity index (χ4n) is 2.63. The van der Waals surface area contributed by atoms with Crippen molar-refractivity contribution >= 4 is 5.97 Å². The summed E-state index contributed by atoms with van der Waals surface area (Å²) in [5.41, 5.74) is 0.627. The molecule has 2 unspecified atom stereocenters. The van der Waals surface area contributed by atoms with Crippen LogP contribution in [-0.2, 0) is 22.6 Å². The average Bonchev–Trinajstić information content (AvgIpc) is 2.94. The lowest BCUT2D eigenvalue weighted by molar-refractivity contribution is -0.148. The first-order valence-corrected chi connectivity index (χ1v) is 7.18. The van der Waals surface area contributed by atoms with Gasteiger partial charge in [0.2, 0.25) is 0 Å². The predicted molar refractivity (Wildman–Crippen MR) is 78.4 cm³/mol. The van der Waals surface area contributed by atoms with Crippen molar-refractivity contribution in [2.24, 2.45) is 0 Å². The maximum atomic E-state index is 12.3. The molecule has 3 rings (SSSR count). The maximum absolute atomic E-state index is 12.3. The van der Waals surface area contributed by atoms with Gasteiger partial charge < -0.3 is 4.74 Å². The smallest absolute Gasteiger partial charge is 0.329 e. The Morgan fingerprint density at radius 2 is 2.14 bits per heavy atom. The van der Waals surface area contributed by atoms with Gasteiger partial charge >= 0.3 is 5.97 Å². The fourth-order valence-corrected chi connectivity index (χ4v) is 2.63. The fraction of sp³-hybridized carbons (Fsp3) is 0.375. The summed E-state index contributed by atoms with van der Waals surface area (Å²) in [6.45, 7) is 4.23. The molecule has 0 saturated carbocycles. The van der Waals surface area contributed by atoms with E-state index in [4.69, 9.17) is 4.74 Å². The minimum atomic E-state index is -0.572. The zero-order chi connectivity index (χ0) is 14.7. The molecule has 2 heterocycles. The Hall–Kier alpha value is -2.14. The number of hydrogen-bond donors (Lipinski definition) is 0. The van der Waals surface area contributed by atoms with E-state index in [1.54, 1.807) is 10.9 Å². The van der Waals surface area contributed by atoms with Crippen LogP contribution in [-0.4, -0.2) is 39.3 Å². The molecule has 0 bridgehead atoms. The number of hydrogen-bond acceptors (Lipinski definition) is 4. The summed E-state index contributed by atoms with van der Waals surface area (Å²) in [5.74, 6) is -0.156. The van der Waals surface area contributed by atoms with Gasteiger partial charge in [0.15, 0.2) is 5.54 Å². The molecule has 1 aromatic heterocycles. The summed E-state index contributed by atoms with van der Waals surface area (Å²) < 4.78 is 7.06. The van der Waals surface area contributed by atoms with Crippen LogP contribution in [0, 0.1) is 0 Å². The summed E-state index contributed by atoms with van der Waals surface area (Å²) in [6, 6.07) is 12.0. The maximum Gasteiger partial charge on any atom is 0.329 e. The van der Waals surface area contributed by atoms with Gasteiger partial charge in [-0.05, 0) is 18.6 Å². The van der Waals surface area contributed by atoms with Gasteiger partial charge in [-0.2, -0.15) is 5.10 Å². The zero-order valence-corrected chi connectivity index (χ0v) is 12.1. The zero-order valence-electron chi connectivity index (χ0n) is 12.1. The van der Waals surface area contributed by atoms with Crippen molar-refractivity contribution in [2.45, 2.75) is 25.6 Å². The van der Waals surface area contributed by atoms with Gasteiger partial charge in [-0.15, -0.1) is 0 Å². The van der Waals surface area contributed by atoms with Crippen molar-refractivity contribution in [1.29, 1.82) is 0 Å². The highest BCUT2D eigenvalue weighted by Crippen LogP contribution is 2.37. The van der Waals surface area contributed by atoms with Crippen molar-refractivity contribution in [2.75, 3.05) is 13.2 Å². The average molecular weight is 285 g/mol. The van der Waals surface area contributed by atoms with Crippen LogP contribution in [0.4, 0.5) is 0 Å². The monoisotopic (exact) mass is 285 g/mol. The quantitative estimate of drug-likeness (QED) is 0.599. The Morgan fingerprint density at radius 1 is 1.33 bits per heavy atom. The molecule has 0 amide bonds. The summed E-state index contributed by atoms with van der Waals surface area (Å²) in [5, 5.41) is 4.21. The van der Waals surface area contributed by atoms with Gasteiger partial charge in [0.05, 0.1) is 13.2 Å². The van der Waals surface area contributed by atoms with Crippen molar-refractivity contribution in [1.82, 2.24) is 14.7 Å². The molecule has 21 heavy (non-hydrogen) atoms. The van der Waals surface area contributed by atoms with Crippen LogP contribution in [0.2, 0.25) is 0 Å². The molecule has 1 aromatic carbocycles. The first kappa shape index (κ1) is 13.8. The Kier molecular flexibility index (Phi) is 3.75. The van der Waals surface area contributed by atoms with Gasteiger partial charge in [0.25, 0.3) is 0 Å². The Balaban J connectivity index is 1.74. The Labute approximate surface area is 124 Å². The minimum Gasteiger partial charge on any atom is -0.465 e. The molecule has 1 fully saturated rings. The van der Waals surface area contributed by atoms with Crippen molar-refractivity contribution in [3.8, 4) is 0 Å². The van der Waals surface area contributed by atoms with Crippen LogP contribution in [0.3, 0.4) is 0 Å². The summed E-state index contributed by atoms with van der Waals surface area (Å²) in [6.07, 6.45) is 3.60. The van der Waals surface area contributed by atoms with Crippen LogP contribution < -0.4 is 0 Å². The van der Waals surface area contributed by atoms with Gasteiger partial charge in [-0.25, -0.2) is 4.79 Å². The van der Waals surface area contributed by atoms with E-state index >= 15 is 0 Å². The van der Waals surface area contributed by atoms with Gasteiger partial charge in [0.1, 0.15) is 0 Å². The van der Waals surface area contributed by atoms with Crippen LogP contribution in [0.15, 0.2) is 48.8 Å². The second-order valence-electron chi connectivity index (χ2n) is 5.30. The number of benzene rings is 1. The first-order chi connectivity index (χ1) is 10.2. The molecule has 5 nitrogen and oxygen atoms in total. The highest BCUT2D eigenvalue weighted by molar-refractivity contribution is 5.84. The van der Waals surface area contributed by atoms with Gasteiger partial charge in [0, 0.05) is 25.5 Å². The lowest BCUT2D eigenvalue weighted by atomic mass is 10.1. The number of nitrogens with zero attached hydrogens (tertiary/aromatic N) is 3. The number of rotatable bonds is 6. The van der Waals surface area contributed by atoms with Gasteiger partial charge in [-0.1, -0.05) is 30.3 Å². The molecule has 1 aliphatic rings. The molecule has 1 aliphatic heterocycles. The summed E-state index contributed by atoms with van der Waals surface area (Å²) in [7, 11) is 0. The number of aromatic nitrogens is 2. The second-order valence-corrected chi connectivity index (χ2v) is 5.30. The number of carbonyl (C=O) groups excluding carboxylic acids is 1. The molecule has 0 spiro atoms. The largest absolute Gasteiger partial charge is 0.465 e. The van der Waals surface area contributed by atoms with E-state index in [1.807, 2.05) is 37.4 Å². The highest BCUT2D eigenvalue weighted by Gasteiger charge is 2.59. The number of carbonyl (C=O) groups is 1. The Morgan fingerprint density at radius 3 is 2.81 bits per heavy atom. The number of ether oxygens (including phenoxy) is 1. The highest BCUT2D eigenvalue weighted by atomic mass is 16.5. The summed E-state index contributed by atoms with van der Waals surface area (Å²) >= 11 is 0. The Bertz CT molecular complexity index is 597. The standard InChI is InChI=1S/C16H19N3O2/c1-2-21-15(20)16(13-19-10-6-9-17-19)12-18(16)11-14-7-4-3-5-8-14/h3-10H,2,11-13H2,1H3. The van der Waals surface area contributed by atoms with E-state index < -0.39 is 5.54 Å². The van der Waals surface area contributed by atoms with E-state index in [2.05, 4.69) is 22.1 Å². The third-order valence-corrected chi connectivity index (χ3v) is 3.81.